The van der Waals surface area contributed by atoms with Crippen molar-refractivity contribution < 1.29 is 13.3 Å². The zero-order chi connectivity index (χ0) is 28.2. The van der Waals surface area contributed by atoms with E-state index >= 15 is 8.78 Å². The topological polar surface area (TPSA) is 91.1 Å². The van der Waals surface area contributed by atoms with Crippen LogP contribution in [0.4, 0.5) is 8.78 Å². The summed E-state index contributed by atoms with van der Waals surface area (Å²) in [4.78, 5) is 17.9. The molecule has 204 valence electrons. The smallest absolute Gasteiger partial charge is 0.251 e. The summed E-state index contributed by atoms with van der Waals surface area (Å²) in [5.41, 5.74) is 3.92. The zero-order valence-electron chi connectivity index (χ0n) is 21.3. The summed E-state index contributed by atoms with van der Waals surface area (Å²) < 4.78 is 39.0. The molecule has 3 unspecified atom stereocenters. The lowest BCUT2D eigenvalue weighted by atomic mass is 9.96. The van der Waals surface area contributed by atoms with Crippen molar-refractivity contribution in [2.45, 2.75) is 31.7 Å². The maximum atomic E-state index is 15.3. The molecule has 0 amide bonds. The van der Waals surface area contributed by atoms with E-state index in [-0.39, 0.29) is 45.7 Å². The molecule has 2 aromatic carbocycles. The van der Waals surface area contributed by atoms with Crippen LogP contribution in [-0.4, -0.2) is 30.4 Å². The lowest BCUT2D eigenvalue weighted by molar-refractivity contribution is 0.435. The number of aliphatic imine (C=N–C) groups is 1. The van der Waals surface area contributed by atoms with Gasteiger partial charge in [0, 0.05) is 56.9 Å². The highest BCUT2D eigenvalue weighted by atomic mass is 35.5. The van der Waals surface area contributed by atoms with Crippen LogP contribution in [0.2, 0.25) is 10.2 Å². The third kappa shape index (κ3) is 3.67. The van der Waals surface area contributed by atoms with E-state index in [1.165, 1.54) is 16.8 Å². The molecule has 8 rings (SSSR count). The fourth-order valence-electron chi connectivity index (χ4n) is 6.32. The van der Waals surface area contributed by atoms with Crippen molar-refractivity contribution in [3.63, 3.8) is 0 Å². The fraction of sp³-hybridized carbons (Fsp3) is 0.207. The molecule has 1 fully saturated rings. The Morgan fingerprint density at radius 1 is 1.07 bits per heavy atom. The molecule has 0 saturated heterocycles. The molecule has 3 atom stereocenters. The van der Waals surface area contributed by atoms with Crippen LogP contribution in [0.15, 0.2) is 68.9 Å². The van der Waals surface area contributed by atoms with Crippen LogP contribution >= 0.6 is 23.2 Å². The van der Waals surface area contributed by atoms with Gasteiger partial charge in [-0.25, -0.2) is 14.1 Å². The van der Waals surface area contributed by atoms with Gasteiger partial charge in [0.05, 0.1) is 23.6 Å². The SMILES string of the molecule is Cc1noc2c(F)c(C3=C(F)N=C(C4C5CC5c5cc(-c6cc(Cl)ccc6-n6cc(Cl)nn6)cc(=O)n54)C3)ccc12. The van der Waals surface area contributed by atoms with Gasteiger partial charge in [-0.05, 0) is 55.2 Å². The van der Waals surface area contributed by atoms with E-state index in [1.807, 2.05) is 6.07 Å². The quantitative estimate of drug-likeness (QED) is 0.214. The van der Waals surface area contributed by atoms with Crippen LogP contribution in [0.5, 0.6) is 0 Å². The summed E-state index contributed by atoms with van der Waals surface area (Å²) in [5, 5.41) is 13.0. The lowest BCUT2D eigenvalue weighted by Gasteiger charge is -2.20. The summed E-state index contributed by atoms with van der Waals surface area (Å²) in [6.07, 6.45) is 2.51. The van der Waals surface area contributed by atoms with E-state index in [4.69, 9.17) is 27.7 Å². The molecule has 2 aliphatic heterocycles. The van der Waals surface area contributed by atoms with Crippen LogP contribution in [-0.2, 0) is 0 Å². The highest BCUT2D eigenvalue weighted by Gasteiger charge is 2.55. The number of rotatable bonds is 4. The van der Waals surface area contributed by atoms with Gasteiger partial charge in [0.15, 0.2) is 11.0 Å². The Bertz CT molecular complexity index is 2080. The molecule has 8 nitrogen and oxygen atoms in total. The average molecular weight is 591 g/mol. The van der Waals surface area contributed by atoms with Crippen LogP contribution < -0.4 is 5.56 Å². The summed E-state index contributed by atoms with van der Waals surface area (Å²) in [7, 11) is 0. The molecule has 12 heteroatoms. The van der Waals surface area contributed by atoms with Crippen molar-refractivity contribution in [3.05, 3.63) is 97.9 Å². The maximum absolute atomic E-state index is 15.3. The van der Waals surface area contributed by atoms with E-state index in [0.29, 0.717) is 38.6 Å². The average Bonchev–Trinajstić information content (AvgIpc) is 3.21. The Kier molecular flexibility index (Phi) is 5.21. The van der Waals surface area contributed by atoms with Crippen molar-refractivity contribution in [1.29, 1.82) is 0 Å². The van der Waals surface area contributed by atoms with E-state index in [2.05, 4.69) is 20.5 Å². The Balaban J connectivity index is 1.16. The van der Waals surface area contributed by atoms with Gasteiger partial charge < -0.3 is 9.09 Å². The number of aromatic nitrogens is 5. The first-order chi connectivity index (χ1) is 19.8. The summed E-state index contributed by atoms with van der Waals surface area (Å²) in [5.74, 6) is -1.18. The van der Waals surface area contributed by atoms with Gasteiger partial charge in [-0.2, -0.15) is 4.39 Å². The second kappa shape index (κ2) is 8.67. The first-order valence-electron chi connectivity index (χ1n) is 12.9. The number of benzene rings is 2. The predicted octanol–water partition coefficient (Wildman–Crippen LogP) is 6.83. The molecule has 3 aliphatic rings. The zero-order valence-corrected chi connectivity index (χ0v) is 22.8. The lowest BCUT2D eigenvalue weighted by Crippen LogP contribution is -2.29. The van der Waals surface area contributed by atoms with Gasteiger partial charge in [-0.3, -0.25) is 4.79 Å². The number of hydrogen-bond donors (Lipinski definition) is 0. The van der Waals surface area contributed by atoms with Crippen molar-refractivity contribution in [3.8, 4) is 16.8 Å². The Morgan fingerprint density at radius 3 is 2.73 bits per heavy atom. The molecule has 0 bridgehead atoms. The summed E-state index contributed by atoms with van der Waals surface area (Å²) in [6.45, 7) is 1.71. The number of allylic oxidation sites excluding steroid dienone is 1. The number of hydrogen-bond acceptors (Lipinski definition) is 6. The number of aryl methyl sites for hydroxylation is 1. The van der Waals surface area contributed by atoms with Gasteiger partial charge >= 0.3 is 0 Å². The molecular formula is C29H18Cl2F2N6O2. The van der Waals surface area contributed by atoms with E-state index in [9.17, 15) is 4.79 Å². The van der Waals surface area contributed by atoms with Gasteiger partial charge in [-0.15, -0.1) is 5.10 Å². The number of pyridine rings is 1. The minimum Gasteiger partial charge on any atom is -0.353 e. The largest absolute Gasteiger partial charge is 0.353 e. The molecule has 0 N–H and O–H groups in total. The van der Waals surface area contributed by atoms with Crippen LogP contribution in [0.3, 0.4) is 0 Å². The minimum atomic E-state index is -0.750. The normalized spacial score (nSPS) is 21.0. The van der Waals surface area contributed by atoms with Crippen molar-refractivity contribution in [1.82, 2.24) is 24.7 Å². The molecule has 1 saturated carbocycles. The number of nitrogens with zero attached hydrogens (tertiary/aromatic N) is 6. The monoisotopic (exact) mass is 590 g/mol. The third-order valence-corrected chi connectivity index (χ3v) is 8.67. The number of fused-ring (bicyclic) bond motifs is 4. The third-order valence-electron chi connectivity index (χ3n) is 8.26. The Morgan fingerprint density at radius 2 is 1.93 bits per heavy atom. The molecule has 41 heavy (non-hydrogen) atoms. The number of halogens is 4. The van der Waals surface area contributed by atoms with E-state index in [1.54, 1.807) is 42.0 Å². The highest BCUT2D eigenvalue weighted by Crippen LogP contribution is 2.60. The first kappa shape index (κ1) is 24.6. The van der Waals surface area contributed by atoms with Gasteiger partial charge in [0.25, 0.3) is 5.56 Å². The minimum absolute atomic E-state index is 0.0143. The van der Waals surface area contributed by atoms with Gasteiger partial charge in [-0.1, -0.05) is 39.6 Å². The molecule has 1 aliphatic carbocycles. The van der Waals surface area contributed by atoms with Gasteiger partial charge in [0.1, 0.15) is 0 Å². The summed E-state index contributed by atoms with van der Waals surface area (Å²) >= 11 is 12.3. The first-order valence-corrected chi connectivity index (χ1v) is 13.7. The molecule has 0 radical (unpaired) electrons. The van der Waals surface area contributed by atoms with Crippen molar-refractivity contribution in [2.75, 3.05) is 0 Å². The van der Waals surface area contributed by atoms with E-state index in [0.717, 1.165) is 12.1 Å². The Labute approximate surface area is 240 Å². The second-order valence-corrected chi connectivity index (χ2v) is 11.4. The molecule has 3 aromatic heterocycles. The second-order valence-electron chi connectivity index (χ2n) is 10.6. The van der Waals surface area contributed by atoms with Crippen LogP contribution in [0.25, 0.3) is 33.4 Å². The highest BCUT2D eigenvalue weighted by molar-refractivity contribution is 6.31. The predicted molar refractivity (Wildman–Crippen MR) is 150 cm³/mol. The van der Waals surface area contributed by atoms with Crippen LogP contribution in [0, 0.1) is 18.7 Å². The van der Waals surface area contributed by atoms with Crippen molar-refractivity contribution >= 4 is 45.5 Å². The maximum Gasteiger partial charge on any atom is 0.251 e. The standard InChI is InChI=1S/C29H18Cl2F2N6O2/c1-12-15-3-4-16(26(32)28(15)41-36-12)20-10-21(34-29(20)33)27-19-9-18(19)23-6-13(7-25(40)39(23)27)17-8-14(30)2-5-22(17)38-11-24(31)35-37-38/h2-8,11,18-19,27H,9-10H2,1H3. The molecular weight excluding hydrogens is 573 g/mol. The molecule has 0 spiro atoms. The van der Waals surface area contributed by atoms with Crippen LogP contribution in [0.1, 0.15) is 41.8 Å². The Hall–Kier alpha value is -4.15. The van der Waals surface area contributed by atoms with Crippen molar-refractivity contribution in [2.24, 2.45) is 10.9 Å². The molecule has 5 aromatic rings. The van der Waals surface area contributed by atoms with E-state index < -0.39 is 17.8 Å². The van der Waals surface area contributed by atoms with Gasteiger partial charge in [0.2, 0.25) is 11.5 Å². The molecule has 5 heterocycles. The summed E-state index contributed by atoms with van der Waals surface area (Å²) in [6, 6.07) is 11.6. The fourth-order valence-corrected chi connectivity index (χ4v) is 6.62.